The Balaban J connectivity index is 2.93. The molecule has 1 aromatic rings. The molecule has 18 heavy (non-hydrogen) atoms. The van der Waals surface area contributed by atoms with Gasteiger partial charge in [0.1, 0.15) is 0 Å². The highest BCUT2D eigenvalue weighted by Gasteiger charge is 2.32. The molecular weight excluding hydrogens is 227 g/mol. The molecule has 0 aliphatic carbocycles. The Morgan fingerprint density at radius 3 is 2.56 bits per heavy atom. The van der Waals surface area contributed by atoms with Crippen LogP contribution in [0.1, 0.15) is 54.0 Å². The van der Waals surface area contributed by atoms with Gasteiger partial charge < -0.3 is 9.31 Å². The average Bonchev–Trinajstić information content (AvgIpc) is 2.77. The molecule has 0 N–H and O–H groups in total. The minimum absolute atomic E-state index is 0.202. The van der Waals surface area contributed by atoms with Crippen LogP contribution in [0.5, 0.6) is 0 Å². The van der Waals surface area contributed by atoms with E-state index in [0.717, 1.165) is 12.0 Å². The number of nitrogens with zero attached hydrogens (tertiary/aromatic N) is 2. The molecule has 0 saturated heterocycles. The second-order valence-corrected chi connectivity index (χ2v) is 5.31. The molecule has 1 aromatic heterocycles. The van der Waals surface area contributed by atoms with E-state index < -0.39 is 0 Å². The van der Waals surface area contributed by atoms with Crippen LogP contribution in [0.3, 0.4) is 0 Å². The molecule has 0 radical (unpaired) electrons. The number of hydrogen-bond acceptors (Lipinski definition) is 3. The predicted molar refractivity (Wildman–Crippen MR) is 75.1 cm³/mol. The fourth-order valence-electron chi connectivity index (χ4n) is 1.65. The van der Waals surface area contributed by atoms with Crippen molar-refractivity contribution in [3.05, 3.63) is 12.3 Å². The Morgan fingerprint density at radius 2 is 2.06 bits per heavy atom. The van der Waals surface area contributed by atoms with E-state index in [0.29, 0.717) is 12.6 Å². The van der Waals surface area contributed by atoms with E-state index in [1.165, 1.54) is 0 Å². The first-order valence-corrected chi connectivity index (χ1v) is 6.74. The summed E-state index contributed by atoms with van der Waals surface area (Å²) in [6.07, 6.45) is 2.73. The Bertz CT molecular complexity index is 364. The highest BCUT2D eigenvalue weighted by molar-refractivity contribution is 6.60. The van der Waals surface area contributed by atoms with Gasteiger partial charge in [0.2, 0.25) is 0 Å². The van der Waals surface area contributed by atoms with E-state index in [4.69, 9.17) is 9.31 Å². The Hall–Kier alpha value is -0.805. The van der Waals surface area contributed by atoms with Crippen LogP contribution in [0, 0.1) is 0 Å². The van der Waals surface area contributed by atoms with E-state index >= 15 is 0 Å². The summed E-state index contributed by atoms with van der Waals surface area (Å²) in [6.45, 7) is 13.1. The molecule has 0 aliphatic rings. The van der Waals surface area contributed by atoms with Crippen molar-refractivity contribution >= 4 is 12.7 Å². The number of aromatic nitrogens is 2. The Morgan fingerprint density at radius 1 is 1.39 bits per heavy atom. The van der Waals surface area contributed by atoms with Gasteiger partial charge in [-0.3, -0.25) is 4.68 Å². The average molecular weight is 252 g/mol. The third-order valence-electron chi connectivity index (χ3n) is 3.03. The molecule has 0 amide bonds. The molecule has 1 rings (SSSR count). The zero-order valence-electron chi connectivity index (χ0n) is 12.4. The molecule has 5 heteroatoms. The van der Waals surface area contributed by atoms with Gasteiger partial charge in [-0.15, -0.1) is 0 Å². The van der Waals surface area contributed by atoms with Gasteiger partial charge in [-0.1, -0.05) is 6.92 Å². The maximum absolute atomic E-state index is 6.08. The molecule has 0 atom stereocenters. The first kappa shape index (κ1) is 15.3. The van der Waals surface area contributed by atoms with Crippen molar-refractivity contribution in [2.45, 2.75) is 59.6 Å². The lowest BCUT2D eigenvalue weighted by Gasteiger charge is -2.28. The molecule has 4 nitrogen and oxygen atoms in total. The van der Waals surface area contributed by atoms with Crippen molar-refractivity contribution in [3.63, 3.8) is 0 Å². The second-order valence-electron chi connectivity index (χ2n) is 5.31. The lowest BCUT2D eigenvalue weighted by molar-refractivity contribution is 0.0697. The van der Waals surface area contributed by atoms with Crippen molar-refractivity contribution in [3.8, 4) is 0 Å². The molecule has 1 heterocycles. The summed E-state index contributed by atoms with van der Waals surface area (Å²) >= 11 is 0. The van der Waals surface area contributed by atoms with Crippen molar-refractivity contribution in [2.75, 3.05) is 6.61 Å². The fraction of sp³-hybridized carbons (Fsp3) is 0.769. The molecule has 0 saturated carbocycles. The summed E-state index contributed by atoms with van der Waals surface area (Å²) in [4.78, 5) is 0. The van der Waals surface area contributed by atoms with Gasteiger partial charge in [0, 0.05) is 24.4 Å². The summed E-state index contributed by atoms with van der Waals surface area (Å²) in [7, 11) is -0.352. The van der Waals surface area contributed by atoms with Crippen LogP contribution >= 0.6 is 0 Å². The lowest BCUT2D eigenvalue weighted by atomic mass is 9.82. The first-order valence-electron chi connectivity index (χ1n) is 6.74. The zero-order chi connectivity index (χ0) is 13.8. The van der Waals surface area contributed by atoms with E-state index in [2.05, 4.69) is 39.7 Å². The van der Waals surface area contributed by atoms with Crippen LogP contribution in [0.15, 0.2) is 12.3 Å². The van der Waals surface area contributed by atoms with Gasteiger partial charge in [0.05, 0.1) is 5.59 Å². The third-order valence-corrected chi connectivity index (χ3v) is 3.03. The van der Waals surface area contributed by atoms with Gasteiger partial charge in [0.15, 0.2) is 0 Å². The van der Waals surface area contributed by atoms with Gasteiger partial charge in [-0.25, -0.2) is 0 Å². The summed E-state index contributed by atoms with van der Waals surface area (Å²) < 4.78 is 13.8. The van der Waals surface area contributed by atoms with Crippen LogP contribution < -0.4 is 5.59 Å². The molecule has 0 aromatic carbocycles. The highest BCUT2D eigenvalue weighted by atomic mass is 16.6. The fourth-order valence-corrected chi connectivity index (χ4v) is 1.65. The molecular formula is C13H25BN2O2. The first-order chi connectivity index (χ1) is 8.41. The summed E-state index contributed by atoms with van der Waals surface area (Å²) in [6, 6.07) is 2.26. The number of rotatable bonds is 7. The highest BCUT2D eigenvalue weighted by Crippen LogP contribution is 2.16. The van der Waals surface area contributed by atoms with E-state index in [1.54, 1.807) is 6.20 Å². The predicted octanol–water partition coefficient (Wildman–Crippen LogP) is 2.40. The van der Waals surface area contributed by atoms with Crippen LogP contribution in [-0.2, 0) is 9.31 Å². The SMILES string of the molecule is CCOB(OC(C)(C)CC)c1ccnn1C(C)C. The smallest absolute Gasteiger partial charge is 0.407 e. The molecule has 0 spiro atoms. The topological polar surface area (TPSA) is 36.3 Å². The largest absolute Gasteiger partial charge is 0.513 e. The van der Waals surface area contributed by atoms with Gasteiger partial charge in [-0.2, -0.15) is 5.10 Å². The standard InChI is InChI=1S/C13H25BN2O2/c1-7-13(5,6)18-14(17-8-2)12-9-10-15-16(12)11(3)4/h9-11H,7-8H2,1-6H3. The normalized spacial score (nSPS) is 12.2. The molecule has 0 unspecified atom stereocenters. The maximum atomic E-state index is 6.08. The van der Waals surface area contributed by atoms with Crippen molar-refractivity contribution < 1.29 is 9.31 Å². The van der Waals surface area contributed by atoms with Gasteiger partial charge >= 0.3 is 7.12 Å². The van der Waals surface area contributed by atoms with Crippen molar-refractivity contribution in [2.24, 2.45) is 0 Å². The molecule has 102 valence electrons. The van der Waals surface area contributed by atoms with Crippen LogP contribution in [0.4, 0.5) is 0 Å². The Kier molecular flexibility index (Phi) is 5.41. The van der Waals surface area contributed by atoms with Gasteiger partial charge in [0.25, 0.3) is 0 Å². The Labute approximate surface area is 111 Å². The minimum atomic E-state index is -0.352. The van der Waals surface area contributed by atoms with Crippen LogP contribution in [0.2, 0.25) is 0 Å². The zero-order valence-corrected chi connectivity index (χ0v) is 12.4. The summed E-state index contributed by atoms with van der Waals surface area (Å²) in [5, 5.41) is 4.33. The van der Waals surface area contributed by atoms with E-state index in [1.807, 2.05) is 17.7 Å². The van der Waals surface area contributed by atoms with Crippen LogP contribution in [0.25, 0.3) is 0 Å². The maximum Gasteiger partial charge on any atom is 0.513 e. The lowest BCUT2D eigenvalue weighted by Crippen LogP contribution is -2.47. The third kappa shape index (κ3) is 3.85. The summed E-state index contributed by atoms with van der Waals surface area (Å²) in [5.74, 6) is 0. The monoisotopic (exact) mass is 252 g/mol. The quantitative estimate of drug-likeness (QED) is 0.699. The molecule has 0 bridgehead atoms. The minimum Gasteiger partial charge on any atom is -0.407 e. The van der Waals surface area contributed by atoms with Crippen molar-refractivity contribution in [1.82, 2.24) is 9.78 Å². The molecule has 0 aliphatic heterocycles. The van der Waals surface area contributed by atoms with Crippen LogP contribution in [-0.4, -0.2) is 29.1 Å². The molecule has 0 fully saturated rings. The van der Waals surface area contributed by atoms with E-state index in [-0.39, 0.29) is 12.7 Å². The number of hydrogen-bond donors (Lipinski definition) is 0. The van der Waals surface area contributed by atoms with Crippen molar-refractivity contribution in [1.29, 1.82) is 0 Å². The van der Waals surface area contributed by atoms with Gasteiger partial charge in [-0.05, 0) is 47.1 Å². The summed E-state index contributed by atoms with van der Waals surface area (Å²) in [5.41, 5.74) is 0.778. The van der Waals surface area contributed by atoms with E-state index in [9.17, 15) is 0 Å². The second kappa shape index (κ2) is 6.39.